The molecule has 0 radical (unpaired) electrons. The highest BCUT2D eigenvalue weighted by Gasteiger charge is 2.19. The Bertz CT molecular complexity index is 820. The van der Waals surface area contributed by atoms with Gasteiger partial charge < -0.3 is 10.4 Å². The van der Waals surface area contributed by atoms with Crippen LogP contribution in [-0.2, 0) is 11.3 Å². The van der Waals surface area contributed by atoms with Gasteiger partial charge in [0.15, 0.2) is 0 Å². The number of hydrogen-bond acceptors (Lipinski definition) is 4. The number of hydrogen-bond donors (Lipinski definition) is 2. The van der Waals surface area contributed by atoms with Crippen molar-refractivity contribution in [2.75, 3.05) is 38.0 Å². The number of carbonyl (C=O) groups is 2. The van der Waals surface area contributed by atoms with Crippen molar-refractivity contribution in [2.24, 2.45) is 0 Å². The molecule has 1 fully saturated rings. The fraction of sp³-hybridized carbons (Fsp3) is 0.300. The SMILES string of the molecule is O=C(CN1CCN(Cc2cccc(C(=O)O)c2)CC1)Nc1ccccc1Cl. The number of benzene rings is 2. The Balaban J connectivity index is 1.46. The molecule has 2 aromatic rings. The van der Waals surface area contributed by atoms with E-state index in [0.717, 1.165) is 31.7 Å². The summed E-state index contributed by atoms with van der Waals surface area (Å²) in [4.78, 5) is 27.7. The van der Waals surface area contributed by atoms with Gasteiger partial charge in [0, 0.05) is 32.7 Å². The first-order chi connectivity index (χ1) is 13.0. The zero-order chi connectivity index (χ0) is 19.2. The molecule has 0 aromatic heterocycles. The molecule has 2 aromatic carbocycles. The van der Waals surface area contributed by atoms with E-state index in [9.17, 15) is 9.59 Å². The highest BCUT2D eigenvalue weighted by molar-refractivity contribution is 6.33. The molecule has 1 aliphatic heterocycles. The number of para-hydroxylation sites is 1. The molecule has 0 bridgehead atoms. The standard InChI is InChI=1S/C20H22ClN3O3/c21-17-6-1-2-7-18(17)22-19(25)14-24-10-8-23(9-11-24)13-15-4-3-5-16(12-15)20(26)27/h1-7,12H,8-11,13-14H2,(H,22,25)(H,26,27). The van der Waals surface area contributed by atoms with Crippen molar-refractivity contribution in [3.05, 3.63) is 64.7 Å². The average molecular weight is 388 g/mol. The third-order valence-electron chi connectivity index (χ3n) is 4.56. The number of amides is 1. The summed E-state index contributed by atoms with van der Waals surface area (Å²) in [6, 6.07) is 14.2. The smallest absolute Gasteiger partial charge is 0.335 e. The van der Waals surface area contributed by atoms with Crippen molar-refractivity contribution in [3.63, 3.8) is 0 Å². The van der Waals surface area contributed by atoms with Crippen molar-refractivity contribution in [1.82, 2.24) is 9.80 Å². The average Bonchev–Trinajstić information content (AvgIpc) is 2.65. The minimum atomic E-state index is -0.911. The lowest BCUT2D eigenvalue weighted by Gasteiger charge is -2.34. The van der Waals surface area contributed by atoms with Crippen molar-refractivity contribution < 1.29 is 14.7 Å². The van der Waals surface area contributed by atoms with Crippen LogP contribution in [0.5, 0.6) is 0 Å². The first-order valence-electron chi connectivity index (χ1n) is 8.82. The van der Waals surface area contributed by atoms with Gasteiger partial charge in [0.1, 0.15) is 0 Å². The van der Waals surface area contributed by atoms with E-state index >= 15 is 0 Å². The number of anilines is 1. The second kappa shape index (κ2) is 8.99. The largest absolute Gasteiger partial charge is 0.478 e. The monoisotopic (exact) mass is 387 g/mol. The van der Waals surface area contributed by atoms with Gasteiger partial charge in [-0.25, -0.2) is 4.79 Å². The molecule has 1 aliphatic rings. The summed E-state index contributed by atoms with van der Waals surface area (Å²) in [5.41, 5.74) is 1.92. The lowest BCUT2D eigenvalue weighted by molar-refractivity contribution is -0.117. The lowest BCUT2D eigenvalue weighted by Crippen LogP contribution is -2.48. The number of carboxylic acids is 1. The van der Waals surface area contributed by atoms with Gasteiger partial charge in [0.25, 0.3) is 0 Å². The summed E-state index contributed by atoms with van der Waals surface area (Å²) in [6.45, 7) is 4.27. The molecule has 0 unspecified atom stereocenters. The minimum Gasteiger partial charge on any atom is -0.478 e. The summed E-state index contributed by atoms with van der Waals surface area (Å²) >= 11 is 6.07. The normalized spacial score (nSPS) is 15.4. The molecular formula is C20H22ClN3O3. The number of carboxylic acid groups (broad SMARTS) is 1. The minimum absolute atomic E-state index is 0.0780. The Morgan fingerprint density at radius 2 is 1.70 bits per heavy atom. The van der Waals surface area contributed by atoms with Crippen LogP contribution in [0.15, 0.2) is 48.5 Å². The molecule has 0 saturated carbocycles. The second-order valence-electron chi connectivity index (χ2n) is 6.59. The molecule has 0 aliphatic carbocycles. The number of rotatable bonds is 6. The Kier molecular flexibility index (Phi) is 6.45. The van der Waals surface area contributed by atoms with Gasteiger partial charge in [0.05, 0.1) is 22.8 Å². The number of carbonyl (C=O) groups excluding carboxylic acids is 1. The Labute approximate surface area is 163 Å². The van der Waals surface area contributed by atoms with E-state index in [-0.39, 0.29) is 5.91 Å². The number of piperazine rings is 1. The van der Waals surface area contributed by atoms with E-state index in [1.807, 2.05) is 18.2 Å². The van der Waals surface area contributed by atoms with Crippen LogP contribution in [0.2, 0.25) is 5.02 Å². The second-order valence-corrected chi connectivity index (χ2v) is 6.99. The lowest BCUT2D eigenvalue weighted by atomic mass is 10.1. The van der Waals surface area contributed by atoms with Crippen molar-refractivity contribution in [3.8, 4) is 0 Å². The van der Waals surface area contributed by atoms with E-state index in [2.05, 4.69) is 15.1 Å². The first-order valence-corrected chi connectivity index (χ1v) is 9.20. The fourth-order valence-electron chi connectivity index (χ4n) is 3.12. The molecule has 2 N–H and O–H groups in total. The number of nitrogens with one attached hydrogen (secondary N) is 1. The van der Waals surface area contributed by atoms with Crippen LogP contribution in [-0.4, -0.2) is 59.5 Å². The van der Waals surface area contributed by atoms with Crippen LogP contribution in [0.25, 0.3) is 0 Å². The zero-order valence-corrected chi connectivity index (χ0v) is 15.7. The molecule has 1 saturated heterocycles. The van der Waals surface area contributed by atoms with Crippen molar-refractivity contribution in [1.29, 1.82) is 0 Å². The molecule has 0 spiro atoms. The van der Waals surface area contributed by atoms with E-state index < -0.39 is 5.97 Å². The molecule has 6 nitrogen and oxygen atoms in total. The maximum Gasteiger partial charge on any atom is 0.335 e. The van der Waals surface area contributed by atoms with Crippen LogP contribution in [0, 0.1) is 0 Å². The maximum atomic E-state index is 12.2. The first kappa shape index (κ1) is 19.4. The van der Waals surface area contributed by atoms with Crippen LogP contribution in [0.3, 0.4) is 0 Å². The highest BCUT2D eigenvalue weighted by atomic mass is 35.5. The summed E-state index contributed by atoms with van der Waals surface area (Å²) < 4.78 is 0. The molecule has 1 heterocycles. The fourth-order valence-corrected chi connectivity index (χ4v) is 3.30. The molecule has 142 valence electrons. The third kappa shape index (κ3) is 5.53. The van der Waals surface area contributed by atoms with E-state index in [1.54, 1.807) is 30.3 Å². The third-order valence-corrected chi connectivity index (χ3v) is 4.89. The van der Waals surface area contributed by atoms with Gasteiger partial charge >= 0.3 is 5.97 Å². The van der Waals surface area contributed by atoms with Gasteiger partial charge in [-0.05, 0) is 29.8 Å². The molecular weight excluding hydrogens is 366 g/mol. The van der Waals surface area contributed by atoms with E-state index in [0.29, 0.717) is 29.4 Å². The van der Waals surface area contributed by atoms with Crippen LogP contribution in [0.1, 0.15) is 15.9 Å². The summed E-state index contributed by atoms with van der Waals surface area (Å²) in [5.74, 6) is -0.989. The van der Waals surface area contributed by atoms with Gasteiger partial charge in [0.2, 0.25) is 5.91 Å². The van der Waals surface area contributed by atoms with Gasteiger partial charge in [-0.1, -0.05) is 35.9 Å². The summed E-state index contributed by atoms with van der Waals surface area (Å²) in [6.07, 6.45) is 0. The van der Waals surface area contributed by atoms with Gasteiger partial charge in [-0.3, -0.25) is 14.6 Å². The van der Waals surface area contributed by atoms with Gasteiger partial charge in [-0.15, -0.1) is 0 Å². The van der Waals surface area contributed by atoms with Crippen LogP contribution < -0.4 is 5.32 Å². The Morgan fingerprint density at radius 3 is 2.41 bits per heavy atom. The molecule has 1 amide bonds. The van der Waals surface area contributed by atoms with Gasteiger partial charge in [-0.2, -0.15) is 0 Å². The molecule has 3 rings (SSSR count). The maximum absolute atomic E-state index is 12.2. The summed E-state index contributed by atoms with van der Waals surface area (Å²) in [7, 11) is 0. The number of halogens is 1. The predicted molar refractivity (Wildman–Crippen MR) is 105 cm³/mol. The quantitative estimate of drug-likeness (QED) is 0.797. The predicted octanol–water partition coefficient (Wildman–Crippen LogP) is 2.79. The van der Waals surface area contributed by atoms with E-state index in [4.69, 9.17) is 16.7 Å². The topological polar surface area (TPSA) is 72.9 Å². The Hall–Kier alpha value is -2.41. The van der Waals surface area contributed by atoms with Crippen LogP contribution in [0.4, 0.5) is 5.69 Å². The molecule has 27 heavy (non-hydrogen) atoms. The van der Waals surface area contributed by atoms with Crippen molar-refractivity contribution >= 4 is 29.2 Å². The molecule has 0 atom stereocenters. The number of aromatic carboxylic acids is 1. The van der Waals surface area contributed by atoms with E-state index in [1.165, 1.54) is 0 Å². The van der Waals surface area contributed by atoms with Crippen LogP contribution >= 0.6 is 11.6 Å². The highest BCUT2D eigenvalue weighted by Crippen LogP contribution is 2.20. The molecule has 7 heteroatoms. The van der Waals surface area contributed by atoms with Crippen molar-refractivity contribution in [2.45, 2.75) is 6.54 Å². The zero-order valence-electron chi connectivity index (χ0n) is 14.9. The number of nitrogens with zero attached hydrogens (tertiary/aromatic N) is 2. The summed E-state index contributed by atoms with van der Waals surface area (Å²) in [5, 5.41) is 12.5. The Morgan fingerprint density at radius 1 is 1.00 bits per heavy atom.